The second-order valence-corrected chi connectivity index (χ2v) is 5.06. The SMILES string of the molecule is O=C(NCc1cc(C2CCNCC2)ccc1F)C(F)(F)F. The Labute approximate surface area is 119 Å². The molecule has 1 saturated heterocycles. The summed E-state index contributed by atoms with van der Waals surface area (Å²) >= 11 is 0. The van der Waals surface area contributed by atoms with Crippen molar-refractivity contribution in [2.75, 3.05) is 13.1 Å². The monoisotopic (exact) mass is 304 g/mol. The molecule has 1 heterocycles. The molecule has 2 rings (SSSR count). The Balaban J connectivity index is 2.06. The van der Waals surface area contributed by atoms with Gasteiger partial charge in [0.1, 0.15) is 5.82 Å². The highest BCUT2D eigenvalue weighted by molar-refractivity contribution is 5.81. The Morgan fingerprint density at radius 2 is 1.95 bits per heavy atom. The minimum atomic E-state index is -4.96. The van der Waals surface area contributed by atoms with Gasteiger partial charge in [-0.2, -0.15) is 13.2 Å². The number of hydrogen-bond donors (Lipinski definition) is 2. The molecule has 0 unspecified atom stereocenters. The van der Waals surface area contributed by atoms with Crippen LogP contribution < -0.4 is 10.6 Å². The first-order valence-corrected chi connectivity index (χ1v) is 6.72. The number of piperidine rings is 1. The predicted molar refractivity (Wildman–Crippen MR) is 69.1 cm³/mol. The van der Waals surface area contributed by atoms with E-state index in [9.17, 15) is 22.4 Å². The molecule has 7 heteroatoms. The van der Waals surface area contributed by atoms with E-state index in [-0.39, 0.29) is 11.5 Å². The van der Waals surface area contributed by atoms with E-state index in [4.69, 9.17) is 0 Å². The summed E-state index contributed by atoms with van der Waals surface area (Å²) < 4.78 is 50.0. The minimum absolute atomic E-state index is 0.0728. The van der Waals surface area contributed by atoms with Crippen LogP contribution in [0.2, 0.25) is 0 Å². The molecule has 0 bridgehead atoms. The lowest BCUT2D eigenvalue weighted by Crippen LogP contribution is -2.36. The van der Waals surface area contributed by atoms with Gasteiger partial charge in [0.05, 0.1) is 0 Å². The molecule has 1 aromatic carbocycles. The van der Waals surface area contributed by atoms with Gasteiger partial charge in [-0.1, -0.05) is 12.1 Å². The molecule has 1 fully saturated rings. The zero-order chi connectivity index (χ0) is 15.5. The second kappa shape index (κ2) is 6.43. The van der Waals surface area contributed by atoms with Gasteiger partial charge in [0.15, 0.2) is 0 Å². The Morgan fingerprint density at radius 1 is 1.29 bits per heavy atom. The molecule has 1 aliphatic heterocycles. The van der Waals surface area contributed by atoms with E-state index in [1.807, 2.05) is 0 Å². The fraction of sp³-hybridized carbons (Fsp3) is 0.500. The second-order valence-electron chi connectivity index (χ2n) is 5.06. The summed E-state index contributed by atoms with van der Waals surface area (Å²) in [6.45, 7) is 1.26. The van der Waals surface area contributed by atoms with Gasteiger partial charge in [-0.05, 0) is 43.5 Å². The Kier molecular flexibility index (Phi) is 4.82. The third-order valence-corrected chi connectivity index (χ3v) is 3.58. The number of carbonyl (C=O) groups is 1. The summed E-state index contributed by atoms with van der Waals surface area (Å²) in [4.78, 5) is 10.8. The van der Waals surface area contributed by atoms with E-state index in [1.165, 1.54) is 6.07 Å². The summed E-state index contributed by atoms with van der Waals surface area (Å²) in [7, 11) is 0. The molecule has 0 aromatic heterocycles. The third-order valence-electron chi connectivity index (χ3n) is 3.58. The Hall–Kier alpha value is -1.63. The number of alkyl halides is 3. The average Bonchev–Trinajstić information content (AvgIpc) is 2.46. The summed E-state index contributed by atoms with van der Waals surface area (Å²) in [6.07, 6.45) is -3.15. The lowest BCUT2D eigenvalue weighted by atomic mass is 9.89. The van der Waals surface area contributed by atoms with Gasteiger partial charge in [-0.25, -0.2) is 4.39 Å². The average molecular weight is 304 g/mol. The molecule has 2 N–H and O–H groups in total. The minimum Gasteiger partial charge on any atom is -0.344 e. The van der Waals surface area contributed by atoms with Crippen LogP contribution in [0.4, 0.5) is 17.6 Å². The fourth-order valence-corrected chi connectivity index (χ4v) is 2.42. The number of rotatable bonds is 3. The van der Waals surface area contributed by atoms with Crippen molar-refractivity contribution in [3.63, 3.8) is 0 Å². The Morgan fingerprint density at radius 3 is 2.57 bits per heavy atom. The molecule has 0 aliphatic carbocycles. The maximum absolute atomic E-state index is 13.6. The molecule has 1 aliphatic rings. The van der Waals surface area contributed by atoms with Gasteiger partial charge >= 0.3 is 12.1 Å². The standard InChI is InChI=1S/C14H16F4N2O/c15-12-2-1-10(9-3-5-19-6-4-9)7-11(12)8-20-13(21)14(16,17)18/h1-2,7,9,19H,3-6,8H2,(H,20,21). The summed E-state index contributed by atoms with van der Waals surface area (Å²) in [5.41, 5.74) is 0.970. The first-order valence-electron chi connectivity index (χ1n) is 6.72. The van der Waals surface area contributed by atoms with E-state index in [0.29, 0.717) is 0 Å². The van der Waals surface area contributed by atoms with Crippen molar-refractivity contribution in [3.8, 4) is 0 Å². The number of amides is 1. The smallest absolute Gasteiger partial charge is 0.344 e. The van der Waals surface area contributed by atoms with Crippen molar-refractivity contribution in [3.05, 3.63) is 35.1 Å². The van der Waals surface area contributed by atoms with Crippen molar-refractivity contribution in [2.24, 2.45) is 0 Å². The third kappa shape index (κ3) is 4.17. The topological polar surface area (TPSA) is 41.1 Å². The quantitative estimate of drug-likeness (QED) is 0.842. The van der Waals surface area contributed by atoms with Crippen LogP contribution in [0.15, 0.2) is 18.2 Å². The van der Waals surface area contributed by atoms with Crippen molar-refractivity contribution >= 4 is 5.91 Å². The molecule has 21 heavy (non-hydrogen) atoms. The van der Waals surface area contributed by atoms with Crippen LogP contribution in [-0.4, -0.2) is 25.2 Å². The van der Waals surface area contributed by atoms with Crippen molar-refractivity contribution < 1.29 is 22.4 Å². The van der Waals surface area contributed by atoms with Crippen LogP contribution in [-0.2, 0) is 11.3 Å². The van der Waals surface area contributed by atoms with E-state index in [2.05, 4.69) is 5.32 Å². The summed E-state index contributed by atoms with van der Waals surface area (Å²) in [5.74, 6) is -2.41. The van der Waals surface area contributed by atoms with Crippen LogP contribution in [0.1, 0.15) is 29.9 Å². The summed E-state index contributed by atoms with van der Waals surface area (Å²) in [6, 6.07) is 4.44. The summed E-state index contributed by atoms with van der Waals surface area (Å²) in [5, 5.41) is 4.90. The maximum atomic E-state index is 13.6. The molecule has 0 atom stereocenters. The van der Waals surface area contributed by atoms with Crippen LogP contribution in [0.3, 0.4) is 0 Å². The van der Waals surface area contributed by atoms with Crippen molar-refractivity contribution in [2.45, 2.75) is 31.5 Å². The number of nitrogens with one attached hydrogen (secondary N) is 2. The number of carbonyl (C=O) groups excluding carboxylic acids is 1. The molecule has 3 nitrogen and oxygen atoms in total. The normalized spacial score (nSPS) is 16.8. The lowest BCUT2D eigenvalue weighted by Gasteiger charge is -2.23. The zero-order valence-corrected chi connectivity index (χ0v) is 11.3. The van der Waals surface area contributed by atoms with Crippen LogP contribution in [0.25, 0.3) is 0 Å². The van der Waals surface area contributed by atoms with E-state index >= 15 is 0 Å². The van der Waals surface area contributed by atoms with Gasteiger partial charge in [0.2, 0.25) is 0 Å². The van der Waals surface area contributed by atoms with Crippen LogP contribution in [0, 0.1) is 5.82 Å². The molecule has 116 valence electrons. The van der Waals surface area contributed by atoms with Crippen molar-refractivity contribution in [1.82, 2.24) is 10.6 Å². The number of hydrogen-bond acceptors (Lipinski definition) is 2. The van der Waals surface area contributed by atoms with E-state index in [1.54, 1.807) is 17.4 Å². The predicted octanol–water partition coefficient (Wildman–Crippen LogP) is 2.47. The molecule has 1 aromatic rings. The van der Waals surface area contributed by atoms with Gasteiger partial charge in [-0.15, -0.1) is 0 Å². The Bertz CT molecular complexity index is 510. The largest absolute Gasteiger partial charge is 0.471 e. The van der Waals surface area contributed by atoms with Crippen molar-refractivity contribution in [1.29, 1.82) is 0 Å². The molecule has 1 amide bonds. The van der Waals surface area contributed by atoms with E-state index < -0.39 is 24.4 Å². The highest BCUT2D eigenvalue weighted by atomic mass is 19.4. The highest BCUT2D eigenvalue weighted by Crippen LogP contribution is 2.26. The molecular weight excluding hydrogens is 288 g/mol. The highest BCUT2D eigenvalue weighted by Gasteiger charge is 2.38. The number of benzene rings is 1. The first-order chi connectivity index (χ1) is 9.88. The van der Waals surface area contributed by atoms with Gasteiger partial charge in [0.25, 0.3) is 0 Å². The van der Waals surface area contributed by atoms with Gasteiger partial charge < -0.3 is 10.6 Å². The molecule has 0 spiro atoms. The molecule has 0 radical (unpaired) electrons. The number of halogens is 4. The molecular formula is C14H16F4N2O. The van der Waals surface area contributed by atoms with Gasteiger partial charge in [0, 0.05) is 12.1 Å². The zero-order valence-electron chi connectivity index (χ0n) is 11.3. The van der Waals surface area contributed by atoms with Gasteiger partial charge in [-0.3, -0.25) is 4.79 Å². The maximum Gasteiger partial charge on any atom is 0.471 e. The first kappa shape index (κ1) is 15.8. The molecule has 0 saturated carbocycles. The van der Waals surface area contributed by atoms with E-state index in [0.717, 1.165) is 31.5 Å². The van der Waals surface area contributed by atoms with Crippen LogP contribution >= 0.6 is 0 Å². The lowest BCUT2D eigenvalue weighted by molar-refractivity contribution is -0.173. The fourth-order valence-electron chi connectivity index (χ4n) is 2.42. The van der Waals surface area contributed by atoms with Crippen LogP contribution in [0.5, 0.6) is 0 Å².